The number of amides is 1. The first-order chi connectivity index (χ1) is 13.8. The first-order valence-electron chi connectivity index (χ1n) is 9.70. The van der Waals surface area contributed by atoms with Crippen LogP contribution in [0.2, 0.25) is 0 Å². The molecule has 0 aliphatic heterocycles. The van der Waals surface area contributed by atoms with Crippen molar-refractivity contribution in [2.75, 3.05) is 5.75 Å². The molecule has 1 amide bonds. The Hall–Kier alpha value is -2.61. The van der Waals surface area contributed by atoms with Crippen LogP contribution in [0.15, 0.2) is 46.3 Å². The van der Waals surface area contributed by atoms with Crippen LogP contribution < -0.4 is 5.32 Å². The van der Waals surface area contributed by atoms with E-state index in [2.05, 4.69) is 58.6 Å². The van der Waals surface area contributed by atoms with Gasteiger partial charge in [0.2, 0.25) is 11.8 Å². The van der Waals surface area contributed by atoms with Gasteiger partial charge in [-0.1, -0.05) is 49.8 Å². The Kier molecular flexibility index (Phi) is 6.42. The van der Waals surface area contributed by atoms with Crippen LogP contribution >= 0.6 is 11.8 Å². The molecule has 0 radical (unpaired) electrons. The highest BCUT2D eigenvalue weighted by Gasteiger charge is 2.28. The third-order valence-electron chi connectivity index (χ3n) is 4.56. The summed E-state index contributed by atoms with van der Waals surface area (Å²) in [5, 5.41) is 7.71. The van der Waals surface area contributed by atoms with Gasteiger partial charge in [-0.2, -0.15) is 4.98 Å². The van der Waals surface area contributed by atoms with Crippen molar-refractivity contribution in [3.63, 3.8) is 0 Å². The molecule has 0 unspecified atom stereocenters. The van der Waals surface area contributed by atoms with Gasteiger partial charge in [0.25, 0.3) is 0 Å². The molecule has 0 atom stereocenters. The molecule has 154 valence electrons. The average molecular weight is 414 g/mol. The summed E-state index contributed by atoms with van der Waals surface area (Å²) in [5.41, 5.74) is 1.60. The quantitative estimate of drug-likeness (QED) is 0.560. The smallest absolute Gasteiger partial charge is 0.231 e. The zero-order valence-electron chi connectivity index (χ0n) is 17.5. The molecule has 1 aromatic carbocycles. The van der Waals surface area contributed by atoms with Crippen molar-refractivity contribution in [2.24, 2.45) is 0 Å². The molecule has 0 aliphatic carbocycles. The minimum atomic E-state index is -0.712. The Balaban J connectivity index is 1.63. The molecule has 3 aromatic rings. The molecule has 0 aliphatic rings. The van der Waals surface area contributed by atoms with Gasteiger partial charge in [0.1, 0.15) is 0 Å². The summed E-state index contributed by atoms with van der Waals surface area (Å²) >= 11 is 1.39. The molecule has 0 saturated carbocycles. The van der Waals surface area contributed by atoms with Crippen LogP contribution in [0.4, 0.5) is 0 Å². The normalized spacial score (nSPS) is 11.8. The molecule has 0 bridgehead atoms. The average Bonchev–Trinajstić information content (AvgIpc) is 3.35. The van der Waals surface area contributed by atoms with Gasteiger partial charge in [-0.25, -0.2) is 4.98 Å². The summed E-state index contributed by atoms with van der Waals surface area (Å²) in [6.07, 6.45) is 4.31. The minimum absolute atomic E-state index is 0.118. The van der Waals surface area contributed by atoms with Crippen molar-refractivity contribution in [3.8, 4) is 5.69 Å². The van der Waals surface area contributed by atoms with E-state index in [1.54, 1.807) is 6.20 Å². The molecule has 3 rings (SSSR count). The molecule has 7 nitrogen and oxygen atoms in total. The lowest BCUT2D eigenvalue weighted by Gasteiger charge is -2.22. The summed E-state index contributed by atoms with van der Waals surface area (Å²) in [5.74, 6) is 1.64. The van der Waals surface area contributed by atoms with Gasteiger partial charge < -0.3 is 9.84 Å². The Bertz CT molecular complexity index is 960. The lowest BCUT2D eigenvalue weighted by Crippen LogP contribution is -2.42. The molecule has 29 heavy (non-hydrogen) atoms. The molecule has 0 fully saturated rings. The van der Waals surface area contributed by atoms with Gasteiger partial charge in [0.15, 0.2) is 11.0 Å². The van der Waals surface area contributed by atoms with E-state index in [1.165, 1.54) is 17.3 Å². The summed E-state index contributed by atoms with van der Waals surface area (Å²) < 4.78 is 7.14. The predicted octanol–water partition coefficient (Wildman–Crippen LogP) is 4.08. The summed E-state index contributed by atoms with van der Waals surface area (Å²) in [4.78, 5) is 21.2. The van der Waals surface area contributed by atoms with Crippen LogP contribution in [0.3, 0.4) is 0 Å². The molecule has 8 heteroatoms. The third-order valence-corrected chi connectivity index (χ3v) is 5.53. The molecule has 2 aromatic heterocycles. The van der Waals surface area contributed by atoms with E-state index in [-0.39, 0.29) is 11.7 Å². The number of imidazole rings is 1. The van der Waals surface area contributed by atoms with Gasteiger partial charge in [0.05, 0.1) is 11.3 Å². The highest BCUT2D eigenvalue weighted by Crippen LogP contribution is 2.23. The lowest BCUT2D eigenvalue weighted by atomic mass is 10.0. The van der Waals surface area contributed by atoms with Crippen LogP contribution in [-0.2, 0) is 16.8 Å². The fourth-order valence-electron chi connectivity index (χ4n) is 2.84. The third kappa shape index (κ3) is 5.06. The highest BCUT2D eigenvalue weighted by atomic mass is 32.2. The van der Waals surface area contributed by atoms with Crippen molar-refractivity contribution >= 4 is 17.7 Å². The number of benzene rings is 1. The predicted molar refractivity (Wildman–Crippen MR) is 113 cm³/mol. The van der Waals surface area contributed by atoms with E-state index >= 15 is 0 Å². The molecular formula is C21H27N5O2S. The van der Waals surface area contributed by atoms with E-state index in [9.17, 15) is 4.79 Å². The van der Waals surface area contributed by atoms with E-state index in [1.807, 2.05) is 31.5 Å². The van der Waals surface area contributed by atoms with Gasteiger partial charge in [-0.15, -0.1) is 0 Å². The zero-order valence-corrected chi connectivity index (χ0v) is 18.3. The first-order valence-corrected chi connectivity index (χ1v) is 10.7. The number of hydrogen-bond donors (Lipinski definition) is 1. The Morgan fingerprint density at radius 2 is 2.00 bits per heavy atom. The second-order valence-electron chi connectivity index (χ2n) is 7.65. The summed E-state index contributed by atoms with van der Waals surface area (Å²) in [7, 11) is 0. The molecular weight excluding hydrogens is 386 g/mol. The zero-order chi connectivity index (χ0) is 21.0. The van der Waals surface area contributed by atoms with Crippen LogP contribution in [0.25, 0.3) is 5.69 Å². The number of hydrogen-bond acceptors (Lipinski definition) is 6. The Morgan fingerprint density at radius 3 is 2.62 bits per heavy atom. The number of carbonyl (C=O) groups is 1. The van der Waals surface area contributed by atoms with Crippen LogP contribution in [0.5, 0.6) is 0 Å². The van der Waals surface area contributed by atoms with E-state index in [0.717, 1.165) is 10.8 Å². The van der Waals surface area contributed by atoms with Crippen molar-refractivity contribution in [1.82, 2.24) is 25.0 Å². The van der Waals surface area contributed by atoms with Crippen molar-refractivity contribution < 1.29 is 9.32 Å². The first kappa shape index (κ1) is 21.1. The van der Waals surface area contributed by atoms with E-state index < -0.39 is 5.54 Å². The largest absolute Gasteiger partial charge is 0.343 e. The maximum absolute atomic E-state index is 12.5. The highest BCUT2D eigenvalue weighted by molar-refractivity contribution is 7.99. The van der Waals surface area contributed by atoms with Crippen LogP contribution in [-0.4, -0.2) is 31.4 Å². The fourth-order valence-corrected chi connectivity index (χ4v) is 3.61. The number of nitrogens with zero attached hydrogens (tertiary/aromatic N) is 4. The topological polar surface area (TPSA) is 85.8 Å². The van der Waals surface area contributed by atoms with Crippen LogP contribution in [0, 0.1) is 0 Å². The number of thioether (sulfide) groups is 1. The Morgan fingerprint density at radius 1 is 1.28 bits per heavy atom. The van der Waals surface area contributed by atoms with E-state index in [0.29, 0.717) is 24.1 Å². The molecule has 1 N–H and O–H groups in total. The molecule has 0 spiro atoms. The lowest BCUT2D eigenvalue weighted by molar-refractivity contribution is -0.120. The van der Waals surface area contributed by atoms with E-state index in [4.69, 9.17) is 4.52 Å². The molecule has 2 heterocycles. The number of nitrogens with one attached hydrogen (secondary N) is 1. The minimum Gasteiger partial charge on any atom is -0.343 e. The van der Waals surface area contributed by atoms with Gasteiger partial charge in [0, 0.05) is 24.5 Å². The van der Waals surface area contributed by atoms with Gasteiger partial charge in [-0.05, 0) is 37.5 Å². The Labute approximate surface area is 175 Å². The maximum atomic E-state index is 12.5. The monoisotopic (exact) mass is 413 g/mol. The summed E-state index contributed by atoms with van der Waals surface area (Å²) in [6.45, 7) is 10.0. The van der Waals surface area contributed by atoms with Gasteiger partial charge in [-0.3, -0.25) is 9.36 Å². The fraction of sp³-hybridized carbons (Fsp3) is 0.429. The standard InChI is InChI=1S/C21H27N5O2S/c1-6-18-23-19(25-28-18)21(4,5)24-17(27)13-29-20-22-11-12-26(20)16-9-7-15(8-10-16)14(2)3/h7-12,14H,6,13H2,1-5H3,(H,24,27). The number of aryl methyl sites for hydroxylation is 1. The van der Waals surface area contributed by atoms with Gasteiger partial charge >= 0.3 is 0 Å². The van der Waals surface area contributed by atoms with Crippen molar-refractivity contribution in [1.29, 1.82) is 0 Å². The number of aromatic nitrogens is 4. The second-order valence-corrected chi connectivity index (χ2v) is 8.60. The van der Waals surface area contributed by atoms with Crippen LogP contribution in [0.1, 0.15) is 57.8 Å². The number of rotatable bonds is 8. The maximum Gasteiger partial charge on any atom is 0.231 e. The summed E-state index contributed by atoms with van der Waals surface area (Å²) in [6, 6.07) is 8.40. The van der Waals surface area contributed by atoms with Crippen molar-refractivity contribution in [2.45, 2.75) is 57.7 Å². The number of carbonyl (C=O) groups excluding carboxylic acids is 1. The molecule has 0 saturated heterocycles. The second kappa shape index (κ2) is 8.82. The van der Waals surface area contributed by atoms with Crippen molar-refractivity contribution in [3.05, 3.63) is 53.9 Å². The SMILES string of the molecule is CCc1nc(C(C)(C)NC(=O)CSc2nccn2-c2ccc(C(C)C)cc2)no1.